The first-order chi connectivity index (χ1) is 9.92. The minimum absolute atomic E-state index is 0.0413. The van der Waals surface area contributed by atoms with Crippen molar-refractivity contribution in [3.05, 3.63) is 30.6 Å². The van der Waals surface area contributed by atoms with E-state index in [9.17, 15) is 8.42 Å². The molecule has 0 aliphatic carbocycles. The molecular formula is C14H16N4O2S. The third-order valence-corrected chi connectivity index (χ3v) is 5.22. The summed E-state index contributed by atoms with van der Waals surface area (Å²) in [5.41, 5.74) is 3.44. The smallest absolute Gasteiger partial charge is 0.228 e. The van der Waals surface area contributed by atoms with Gasteiger partial charge in [0.25, 0.3) is 0 Å². The Morgan fingerprint density at radius 1 is 1.19 bits per heavy atom. The number of benzene rings is 1. The predicted molar refractivity (Wildman–Crippen MR) is 80.6 cm³/mol. The van der Waals surface area contributed by atoms with Gasteiger partial charge in [-0.15, -0.1) is 0 Å². The van der Waals surface area contributed by atoms with Gasteiger partial charge in [-0.25, -0.2) is 13.4 Å². The van der Waals surface area contributed by atoms with Crippen LogP contribution in [0, 0.1) is 0 Å². The summed E-state index contributed by atoms with van der Waals surface area (Å²) in [6, 6.07) is 5.70. The van der Waals surface area contributed by atoms with Gasteiger partial charge in [-0.05, 0) is 17.7 Å². The summed E-state index contributed by atoms with van der Waals surface area (Å²) in [7, 11) is 0.258. The molecule has 3 rings (SSSR count). The Kier molecular flexibility index (Phi) is 3.09. The third-order valence-electron chi connectivity index (χ3n) is 3.54. The molecule has 1 aromatic carbocycles. The summed E-state index contributed by atoms with van der Waals surface area (Å²) in [6.45, 7) is 1.62. The van der Waals surface area contributed by atoms with Gasteiger partial charge in [-0.2, -0.15) is 5.10 Å². The van der Waals surface area contributed by atoms with Crippen molar-refractivity contribution in [2.45, 2.75) is 12.1 Å². The Balaban J connectivity index is 2.21. The maximum Gasteiger partial charge on any atom is 0.228 e. The van der Waals surface area contributed by atoms with E-state index in [1.807, 2.05) is 31.4 Å². The van der Waals surface area contributed by atoms with Gasteiger partial charge >= 0.3 is 0 Å². The van der Waals surface area contributed by atoms with Crippen LogP contribution in [0.1, 0.15) is 6.92 Å². The van der Waals surface area contributed by atoms with E-state index < -0.39 is 9.84 Å². The van der Waals surface area contributed by atoms with Crippen molar-refractivity contribution in [1.82, 2.24) is 19.3 Å². The number of imidazole rings is 1. The van der Waals surface area contributed by atoms with Gasteiger partial charge in [0.1, 0.15) is 0 Å². The molecule has 2 aromatic heterocycles. The van der Waals surface area contributed by atoms with Crippen LogP contribution in [0.3, 0.4) is 0 Å². The lowest BCUT2D eigenvalue weighted by molar-refractivity contribution is 0.582. The van der Waals surface area contributed by atoms with Crippen molar-refractivity contribution in [2.75, 3.05) is 5.75 Å². The molecule has 0 amide bonds. The van der Waals surface area contributed by atoms with Gasteiger partial charge in [0.2, 0.25) is 15.0 Å². The van der Waals surface area contributed by atoms with E-state index in [2.05, 4.69) is 10.1 Å². The Bertz CT molecular complexity index is 922. The maximum atomic E-state index is 12.1. The van der Waals surface area contributed by atoms with Crippen LogP contribution < -0.4 is 0 Å². The van der Waals surface area contributed by atoms with Gasteiger partial charge < -0.3 is 4.57 Å². The fourth-order valence-corrected chi connectivity index (χ4v) is 3.34. The number of fused-ring (bicyclic) bond motifs is 1. The lowest BCUT2D eigenvalue weighted by atomic mass is 10.1. The minimum Gasteiger partial charge on any atom is -0.318 e. The average molecular weight is 304 g/mol. The first-order valence-corrected chi connectivity index (χ1v) is 8.26. The highest BCUT2D eigenvalue weighted by Crippen LogP contribution is 2.25. The first-order valence-electron chi connectivity index (χ1n) is 6.60. The monoisotopic (exact) mass is 304 g/mol. The van der Waals surface area contributed by atoms with Crippen molar-refractivity contribution in [3.8, 4) is 11.1 Å². The highest BCUT2D eigenvalue weighted by molar-refractivity contribution is 7.91. The molecule has 21 heavy (non-hydrogen) atoms. The van der Waals surface area contributed by atoms with Crippen LogP contribution in [-0.2, 0) is 23.9 Å². The van der Waals surface area contributed by atoms with Crippen LogP contribution in [0.25, 0.3) is 22.2 Å². The standard InChI is InChI=1S/C14H16N4O2S/c1-4-21(19,20)14-16-12-6-5-10(7-13(12)18(14)3)11-8-15-17(2)9-11/h5-9H,4H2,1-3H3. The second kappa shape index (κ2) is 4.70. The molecule has 3 aromatic rings. The molecule has 0 radical (unpaired) electrons. The van der Waals surface area contributed by atoms with E-state index in [4.69, 9.17) is 0 Å². The molecule has 0 atom stereocenters. The predicted octanol–water partition coefficient (Wildman–Crippen LogP) is 1.77. The number of hydrogen-bond donors (Lipinski definition) is 0. The molecule has 0 saturated heterocycles. The van der Waals surface area contributed by atoms with E-state index in [0.717, 1.165) is 16.6 Å². The fraction of sp³-hybridized carbons (Fsp3) is 0.286. The summed E-state index contributed by atoms with van der Waals surface area (Å²) in [5.74, 6) is 0.0413. The van der Waals surface area contributed by atoms with Crippen molar-refractivity contribution in [3.63, 3.8) is 0 Å². The van der Waals surface area contributed by atoms with Crippen LogP contribution in [0.15, 0.2) is 35.7 Å². The summed E-state index contributed by atoms with van der Waals surface area (Å²) < 4.78 is 27.5. The second-order valence-corrected chi connectivity index (χ2v) is 7.13. The molecule has 0 aliphatic heterocycles. The lowest BCUT2D eigenvalue weighted by Gasteiger charge is -2.02. The number of rotatable bonds is 3. The summed E-state index contributed by atoms with van der Waals surface area (Å²) in [6.07, 6.45) is 3.70. The number of aryl methyl sites for hydroxylation is 2. The highest BCUT2D eigenvalue weighted by Gasteiger charge is 2.20. The summed E-state index contributed by atoms with van der Waals surface area (Å²) in [5, 5.41) is 4.27. The maximum absolute atomic E-state index is 12.1. The summed E-state index contributed by atoms with van der Waals surface area (Å²) >= 11 is 0. The minimum atomic E-state index is -3.33. The molecular weight excluding hydrogens is 288 g/mol. The van der Waals surface area contributed by atoms with Crippen LogP contribution in [0.2, 0.25) is 0 Å². The van der Waals surface area contributed by atoms with Crippen LogP contribution in [-0.4, -0.2) is 33.5 Å². The van der Waals surface area contributed by atoms with Crippen LogP contribution >= 0.6 is 0 Å². The Labute approximate surface area is 123 Å². The topological polar surface area (TPSA) is 69.8 Å². The summed E-state index contributed by atoms with van der Waals surface area (Å²) in [4.78, 5) is 4.25. The normalized spacial score (nSPS) is 12.1. The van der Waals surface area contributed by atoms with E-state index in [1.165, 1.54) is 0 Å². The van der Waals surface area contributed by atoms with Crippen LogP contribution in [0.4, 0.5) is 0 Å². The zero-order valence-electron chi connectivity index (χ0n) is 12.1. The Morgan fingerprint density at radius 2 is 1.95 bits per heavy atom. The SMILES string of the molecule is CCS(=O)(=O)c1nc2ccc(-c3cnn(C)c3)cc2n1C. The number of nitrogens with zero attached hydrogens (tertiary/aromatic N) is 4. The second-order valence-electron chi connectivity index (χ2n) is 4.96. The number of aromatic nitrogens is 4. The third kappa shape index (κ3) is 2.23. The zero-order chi connectivity index (χ0) is 15.2. The highest BCUT2D eigenvalue weighted by atomic mass is 32.2. The van der Waals surface area contributed by atoms with E-state index in [1.54, 1.807) is 29.4 Å². The van der Waals surface area contributed by atoms with Crippen molar-refractivity contribution in [2.24, 2.45) is 14.1 Å². The molecule has 0 aliphatic rings. The number of sulfone groups is 1. The molecule has 2 heterocycles. The molecule has 7 heteroatoms. The van der Waals surface area contributed by atoms with Gasteiger partial charge in [-0.1, -0.05) is 13.0 Å². The van der Waals surface area contributed by atoms with Crippen molar-refractivity contribution >= 4 is 20.9 Å². The van der Waals surface area contributed by atoms with Gasteiger partial charge in [0.15, 0.2) is 0 Å². The zero-order valence-corrected chi connectivity index (χ0v) is 12.9. The van der Waals surface area contributed by atoms with Gasteiger partial charge in [-0.3, -0.25) is 4.68 Å². The first kappa shape index (κ1) is 13.8. The quantitative estimate of drug-likeness (QED) is 0.739. The molecule has 0 unspecified atom stereocenters. The van der Waals surface area contributed by atoms with Crippen LogP contribution in [0.5, 0.6) is 0 Å². The molecule has 6 nitrogen and oxygen atoms in total. The molecule has 0 spiro atoms. The molecule has 0 bridgehead atoms. The molecule has 0 N–H and O–H groups in total. The van der Waals surface area contributed by atoms with E-state index >= 15 is 0 Å². The molecule has 0 fully saturated rings. The number of hydrogen-bond acceptors (Lipinski definition) is 4. The van der Waals surface area contributed by atoms with Crippen molar-refractivity contribution in [1.29, 1.82) is 0 Å². The van der Waals surface area contributed by atoms with Gasteiger partial charge in [0.05, 0.1) is 23.0 Å². The van der Waals surface area contributed by atoms with E-state index in [-0.39, 0.29) is 10.9 Å². The largest absolute Gasteiger partial charge is 0.318 e. The fourth-order valence-electron chi connectivity index (χ4n) is 2.32. The average Bonchev–Trinajstić information content (AvgIpc) is 3.03. The lowest BCUT2D eigenvalue weighted by Crippen LogP contribution is -2.10. The van der Waals surface area contributed by atoms with E-state index in [0.29, 0.717) is 5.52 Å². The molecule has 0 saturated carbocycles. The van der Waals surface area contributed by atoms with Crippen molar-refractivity contribution < 1.29 is 8.42 Å². The van der Waals surface area contributed by atoms with Gasteiger partial charge in [0, 0.05) is 25.9 Å². The Hall–Kier alpha value is -2.15. The Morgan fingerprint density at radius 3 is 2.57 bits per heavy atom. The molecule has 110 valence electrons.